The number of nitrogens with one attached hydrogen (secondary N) is 1. The van der Waals surface area contributed by atoms with Crippen molar-refractivity contribution in [2.45, 2.75) is 84.9 Å². The first-order valence-corrected chi connectivity index (χ1v) is 7.92. The molecule has 0 spiro atoms. The van der Waals surface area contributed by atoms with E-state index in [0.717, 1.165) is 12.3 Å². The van der Waals surface area contributed by atoms with Gasteiger partial charge in [-0.05, 0) is 63.2 Å². The van der Waals surface area contributed by atoms with Crippen molar-refractivity contribution in [2.24, 2.45) is 16.7 Å². The molecule has 0 aromatic rings. The van der Waals surface area contributed by atoms with Crippen molar-refractivity contribution < 1.29 is 4.74 Å². The lowest BCUT2D eigenvalue weighted by Gasteiger charge is -2.45. The third-order valence-corrected chi connectivity index (χ3v) is 6.07. The van der Waals surface area contributed by atoms with Crippen LogP contribution in [-0.4, -0.2) is 24.8 Å². The number of methoxy groups -OCH3 is 1. The van der Waals surface area contributed by atoms with Crippen molar-refractivity contribution in [2.75, 3.05) is 7.11 Å². The minimum atomic E-state index is -0.0327. The summed E-state index contributed by atoms with van der Waals surface area (Å²) < 4.78 is 5.57. The van der Waals surface area contributed by atoms with Gasteiger partial charge in [-0.3, -0.25) is 0 Å². The molecule has 0 amide bonds. The van der Waals surface area contributed by atoms with Crippen LogP contribution in [0.15, 0.2) is 0 Å². The Hall–Kier alpha value is -0.0800. The standard InChI is InChI=1S/C17H33NO/c1-12(10-15(2,3)19-7)18-14-16(4,5)13-8-9-17(14,6)11-13/h12-14,18H,8-11H2,1-7H3. The molecular formula is C17H33NO. The van der Waals surface area contributed by atoms with Crippen molar-refractivity contribution in [3.63, 3.8) is 0 Å². The lowest BCUT2D eigenvalue weighted by molar-refractivity contribution is 0.00201. The Morgan fingerprint density at radius 1 is 1.32 bits per heavy atom. The Labute approximate surface area is 119 Å². The molecule has 2 nitrogen and oxygen atoms in total. The Morgan fingerprint density at radius 3 is 2.42 bits per heavy atom. The van der Waals surface area contributed by atoms with Gasteiger partial charge in [0.1, 0.15) is 0 Å². The van der Waals surface area contributed by atoms with Crippen LogP contribution in [-0.2, 0) is 4.74 Å². The normalized spacial score (nSPS) is 38.7. The van der Waals surface area contributed by atoms with Crippen LogP contribution in [0, 0.1) is 16.7 Å². The van der Waals surface area contributed by atoms with Crippen LogP contribution in [0.3, 0.4) is 0 Å². The molecule has 0 aromatic heterocycles. The van der Waals surface area contributed by atoms with Crippen molar-refractivity contribution >= 4 is 0 Å². The molecule has 2 fully saturated rings. The maximum atomic E-state index is 5.57. The van der Waals surface area contributed by atoms with E-state index in [0.29, 0.717) is 22.9 Å². The van der Waals surface area contributed by atoms with Crippen LogP contribution in [0.4, 0.5) is 0 Å². The number of rotatable bonds is 5. The second-order valence-electron chi connectivity index (χ2n) is 8.58. The molecule has 0 heterocycles. The van der Waals surface area contributed by atoms with E-state index in [1.807, 2.05) is 7.11 Å². The van der Waals surface area contributed by atoms with Crippen molar-refractivity contribution in [3.8, 4) is 0 Å². The summed E-state index contributed by atoms with van der Waals surface area (Å²) in [6, 6.07) is 1.16. The Bertz CT molecular complexity index is 331. The zero-order valence-electron chi connectivity index (χ0n) is 14.0. The highest BCUT2D eigenvalue weighted by Crippen LogP contribution is 2.62. The maximum Gasteiger partial charge on any atom is 0.0637 e. The minimum absolute atomic E-state index is 0.0327. The van der Waals surface area contributed by atoms with E-state index in [1.165, 1.54) is 19.3 Å². The first-order chi connectivity index (χ1) is 8.61. The molecule has 4 unspecified atom stereocenters. The van der Waals surface area contributed by atoms with E-state index in [2.05, 4.69) is 46.9 Å². The molecule has 2 bridgehead atoms. The van der Waals surface area contributed by atoms with Gasteiger partial charge in [0.2, 0.25) is 0 Å². The first-order valence-electron chi connectivity index (χ1n) is 7.92. The summed E-state index contributed by atoms with van der Waals surface area (Å²) in [5.41, 5.74) is 0.924. The van der Waals surface area contributed by atoms with Gasteiger partial charge >= 0.3 is 0 Å². The second kappa shape index (κ2) is 4.73. The quantitative estimate of drug-likeness (QED) is 0.813. The summed E-state index contributed by atoms with van der Waals surface area (Å²) in [5.74, 6) is 0.914. The number of fused-ring (bicyclic) bond motifs is 2. The van der Waals surface area contributed by atoms with Crippen LogP contribution in [0.5, 0.6) is 0 Å². The van der Waals surface area contributed by atoms with Crippen LogP contribution < -0.4 is 5.32 Å². The van der Waals surface area contributed by atoms with Crippen molar-refractivity contribution in [1.29, 1.82) is 0 Å². The predicted molar refractivity (Wildman–Crippen MR) is 81.3 cm³/mol. The number of ether oxygens (including phenoxy) is 1. The third kappa shape index (κ3) is 2.71. The third-order valence-electron chi connectivity index (χ3n) is 6.07. The fourth-order valence-electron chi connectivity index (χ4n) is 4.88. The Kier molecular flexibility index (Phi) is 3.81. The maximum absolute atomic E-state index is 5.57. The zero-order chi connectivity index (χ0) is 14.5. The van der Waals surface area contributed by atoms with E-state index in [9.17, 15) is 0 Å². The Balaban J connectivity index is 2.03. The van der Waals surface area contributed by atoms with Gasteiger partial charge in [0.15, 0.2) is 0 Å². The topological polar surface area (TPSA) is 21.3 Å². The van der Waals surface area contributed by atoms with Crippen LogP contribution in [0.25, 0.3) is 0 Å². The van der Waals surface area contributed by atoms with Crippen molar-refractivity contribution in [3.05, 3.63) is 0 Å². The molecule has 0 aliphatic heterocycles. The molecule has 19 heavy (non-hydrogen) atoms. The van der Waals surface area contributed by atoms with Gasteiger partial charge in [-0.25, -0.2) is 0 Å². The molecule has 2 saturated carbocycles. The molecule has 2 aliphatic rings. The van der Waals surface area contributed by atoms with Crippen LogP contribution in [0.2, 0.25) is 0 Å². The molecule has 2 rings (SSSR count). The minimum Gasteiger partial charge on any atom is -0.379 e. The van der Waals surface area contributed by atoms with Gasteiger partial charge in [-0.2, -0.15) is 0 Å². The van der Waals surface area contributed by atoms with Crippen LogP contribution >= 0.6 is 0 Å². The van der Waals surface area contributed by atoms with Gasteiger partial charge in [0.05, 0.1) is 5.60 Å². The second-order valence-corrected chi connectivity index (χ2v) is 8.58. The molecule has 4 atom stereocenters. The fraction of sp³-hybridized carbons (Fsp3) is 1.00. The average molecular weight is 267 g/mol. The van der Waals surface area contributed by atoms with E-state index in [1.54, 1.807) is 0 Å². The highest BCUT2D eigenvalue weighted by molar-refractivity contribution is 5.12. The van der Waals surface area contributed by atoms with E-state index in [4.69, 9.17) is 4.74 Å². The number of hydrogen-bond donors (Lipinski definition) is 1. The molecule has 1 N–H and O–H groups in total. The number of hydrogen-bond acceptors (Lipinski definition) is 2. The summed E-state index contributed by atoms with van der Waals surface area (Å²) in [6.07, 6.45) is 5.31. The van der Waals surface area contributed by atoms with Gasteiger partial charge in [0, 0.05) is 19.2 Å². The molecule has 2 heteroatoms. The SMILES string of the molecule is COC(C)(C)CC(C)NC1C2(C)CCC(C2)C1(C)C. The van der Waals surface area contributed by atoms with Gasteiger partial charge in [0.25, 0.3) is 0 Å². The zero-order valence-corrected chi connectivity index (χ0v) is 14.0. The van der Waals surface area contributed by atoms with Crippen LogP contribution in [0.1, 0.15) is 67.2 Å². The highest BCUT2D eigenvalue weighted by Gasteiger charge is 2.59. The molecule has 0 saturated heterocycles. The molecule has 112 valence electrons. The van der Waals surface area contributed by atoms with E-state index in [-0.39, 0.29) is 5.60 Å². The molecule has 0 aromatic carbocycles. The van der Waals surface area contributed by atoms with Gasteiger partial charge in [-0.15, -0.1) is 0 Å². The molecule has 0 radical (unpaired) electrons. The largest absolute Gasteiger partial charge is 0.379 e. The monoisotopic (exact) mass is 267 g/mol. The smallest absolute Gasteiger partial charge is 0.0637 e. The first kappa shape index (κ1) is 15.3. The summed E-state index contributed by atoms with van der Waals surface area (Å²) in [6.45, 7) is 14.1. The lowest BCUT2D eigenvalue weighted by Crippen LogP contribution is -2.54. The van der Waals surface area contributed by atoms with E-state index < -0.39 is 0 Å². The van der Waals surface area contributed by atoms with Crippen molar-refractivity contribution in [1.82, 2.24) is 5.32 Å². The summed E-state index contributed by atoms with van der Waals surface area (Å²) in [4.78, 5) is 0. The summed E-state index contributed by atoms with van der Waals surface area (Å²) >= 11 is 0. The summed E-state index contributed by atoms with van der Waals surface area (Å²) in [7, 11) is 1.81. The Morgan fingerprint density at radius 2 is 1.95 bits per heavy atom. The average Bonchev–Trinajstić information content (AvgIpc) is 2.75. The summed E-state index contributed by atoms with van der Waals surface area (Å²) in [5, 5.41) is 3.95. The van der Waals surface area contributed by atoms with Gasteiger partial charge in [-0.1, -0.05) is 20.8 Å². The lowest BCUT2D eigenvalue weighted by atomic mass is 9.68. The molecule has 2 aliphatic carbocycles. The fourth-order valence-corrected chi connectivity index (χ4v) is 4.88. The highest BCUT2D eigenvalue weighted by atomic mass is 16.5. The molecular weight excluding hydrogens is 234 g/mol. The van der Waals surface area contributed by atoms with Gasteiger partial charge < -0.3 is 10.1 Å². The van der Waals surface area contributed by atoms with E-state index >= 15 is 0 Å². The predicted octanol–water partition coefficient (Wildman–Crippen LogP) is 3.99.